The second-order valence-corrected chi connectivity index (χ2v) is 8.21. The second-order valence-electron chi connectivity index (χ2n) is 5.11. The molecule has 0 radical (unpaired) electrons. The van der Waals surface area contributed by atoms with Gasteiger partial charge in [0.2, 0.25) is 10.0 Å². The summed E-state index contributed by atoms with van der Waals surface area (Å²) < 4.78 is 87.1. The van der Waals surface area contributed by atoms with Gasteiger partial charge in [-0.1, -0.05) is 24.3 Å². The van der Waals surface area contributed by atoms with Crippen molar-refractivity contribution in [3.05, 3.63) is 65.1 Å². The number of rotatable bonds is 5. The summed E-state index contributed by atoms with van der Waals surface area (Å²) in [6.45, 7) is 0. The van der Waals surface area contributed by atoms with E-state index in [4.69, 9.17) is 5.14 Å². The maximum atomic E-state index is 12.7. The highest BCUT2D eigenvalue weighted by Crippen LogP contribution is 2.30. The molecule has 2 rings (SSSR count). The molecule has 2 aromatic carbocycles. The number of benzene rings is 2. The zero-order valence-electron chi connectivity index (χ0n) is 12.9. The van der Waals surface area contributed by atoms with E-state index in [1.807, 2.05) is 4.72 Å². The number of hydrogen-bond acceptors (Lipinski definition) is 4. The van der Waals surface area contributed by atoms with Crippen molar-refractivity contribution in [2.24, 2.45) is 5.14 Å². The summed E-state index contributed by atoms with van der Waals surface area (Å²) in [4.78, 5) is -0.434. The zero-order valence-corrected chi connectivity index (χ0v) is 14.6. The van der Waals surface area contributed by atoms with Gasteiger partial charge in [-0.05, 0) is 35.9 Å². The minimum absolute atomic E-state index is 0.00457. The van der Waals surface area contributed by atoms with Crippen molar-refractivity contribution in [3.8, 4) is 0 Å². The summed E-state index contributed by atoms with van der Waals surface area (Å²) in [5.41, 5.74) is -1.20. The zero-order chi connectivity index (χ0) is 19.6. The molecule has 11 heteroatoms. The van der Waals surface area contributed by atoms with Crippen molar-refractivity contribution in [1.82, 2.24) is 0 Å². The quantitative estimate of drug-likeness (QED) is 0.796. The van der Waals surface area contributed by atoms with E-state index in [2.05, 4.69) is 0 Å². The fraction of sp³-hybridized carbons (Fsp3) is 0.0667. The summed E-state index contributed by atoms with van der Waals surface area (Å²) in [5.74, 6) is 0. The molecule has 0 saturated heterocycles. The first-order valence-corrected chi connectivity index (χ1v) is 9.98. The molecule has 0 saturated carbocycles. The van der Waals surface area contributed by atoms with E-state index in [-0.39, 0.29) is 11.3 Å². The molecule has 0 amide bonds. The number of nitrogens with one attached hydrogen (secondary N) is 1. The second kappa shape index (κ2) is 7.09. The summed E-state index contributed by atoms with van der Waals surface area (Å²) in [5, 5.41) is 5.64. The Morgan fingerprint density at radius 3 is 2.23 bits per heavy atom. The van der Waals surface area contributed by atoms with Crippen molar-refractivity contribution in [2.45, 2.75) is 11.1 Å². The van der Waals surface area contributed by atoms with E-state index in [9.17, 15) is 30.0 Å². The number of sulfonamides is 2. The molecule has 140 valence electrons. The largest absolute Gasteiger partial charge is 0.416 e. The predicted octanol–water partition coefficient (Wildman–Crippen LogP) is 2.77. The fourth-order valence-electron chi connectivity index (χ4n) is 1.97. The van der Waals surface area contributed by atoms with Gasteiger partial charge in [0, 0.05) is 0 Å². The molecular weight excluding hydrogens is 393 g/mol. The van der Waals surface area contributed by atoms with Gasteiger partial charge in [0.25, 0.3) is 10.0 Å². The van der Waals surface area contributed by atoms with E-state index < -0.39 is 36.7 Å². The molecule has 2 aromatic rings. The molecule has 3 N–H and O–H groups in total. The third kappa shape index (κ3) is 5.31. The van der Waals surface area contributed by atoms with Crippen LogP contribution >= 0.6 is 0 Å². The average molecular weight is 406 g/mol. The van der Waals surface area contributed by atoms with E-state index in [0.717, 1.165) is 30.3 Å². The summed E-state index contributed by atoms with van der Waals surface area (Å²) in [6, 6.07) is 9.12. The van der Waals surface area contributed by atoms with Crippen LogP contribution in [0.25, 0.3) is 6.08 Å². The van der Waals surface area contributed by atoms with E-state index in [1.54, 1.807) is 0 Å². The van der Waals surface area contributed by atoms with Crippen LogP contribution in [0, 0.1) is 0 Å². The molecule has 0 atom stereocenters. The van der Waals surface area contributed by atoms with Gasteiger partial charge in [0.15, 0.2) is 0 Å². The summed E-state index contributed by atoms with van der Waals surface area (Å²) in [7, 11) is -8.37. The van der Waals surface area contributed by atoms with Crippen LogP contribution in [-0.4, -0.2) is 16.8 Å². The monoisotopic (exact) mass is 406 g/mol. The Kier molecular flexibility index (Phi) is 5.44. The molecule has 26 heavy (non-hydrogen) atoms. The highest BCUT2D eigenvalue weighted by molar-refractivity contribution is 7.95. The van der Waals surface area contributed by atoms with Crippen LogP contribution in [-0.2, 0) is 26.2 Å². The Hall–Kier alpha value is -2.37. The molecule has 0 heterocycles. The first kappa shape index (κ1) is 19.9. The van der Waals surface area contributed by atoms with Gasteiger partial charge in [-0.2, -0.15) is 13.2 Å². The third-order valence-electron chi connectivity index (χ3n) is 3.10. The molecule has 0 bridgehead atoms. The number of anilines is 1. The first-order chi connectivity index (χ1) is 11.9. The van der Waals surface area contributed by atoms with E-state index >= 15 is 0 Å². The minimum Gasteiger partial charge on any atom is -0.279 e. The van der Waals surface area contributed by atoms with Crippen molar-refractivity contribution in [3.63, 3.8) is 0 Å². The summed E-state index contributed by atoms with van der Waals surface area (Å²) in [6.07, 6.45) is -3.60. The van der Waals surface area contributed by atoms with Gasteiger partial charge >= 0.3 is 6.18 Å². The SMILES string of the molecule is NS(=O)(=O)c1ccccc1NS(=O)(=O)C=Cc1cccc(C(F)(F)F)c1. The number of hydrogen-bond donors (Lipinski definition) is 2. The van der Waals surface area contributed by atoms with E-state index in [0.29, 0.717) is 5.41 Å². The minimum atomic E-state index is -4.56. The van der Waals surface area contributed by atoms with Gasteiger partial charge < -0.3 is 0 Å². The Morgan fingerprint density at radius 1 is 0.962 bits per heavy atom. The van der Waals surface area contributed by atoms with Gasteiger partial charge in [-0.3, -0.25) is 4.72 Å². The van der Waals surface area contributed by atoms with Gasteiger partial charge in [0.05, 0.1) is 16.7 Å². The smallest absolute Gasteiger partial charge is 0.279 e. The number of alkyl halides is 3. The number of nitrogens with two attached hydrogens (primary N) is 1. The number of halogens is 3. The topological polar surface area (TPSA) is 106 Å². The third-order valence-corrected chi connectivity index (χ3v) is 5.07. The van der Waals surface area contributed by atoms with Crippen molar-refractivity contribution in [2.75, 3.05) is 4.72 Å². The number of para-hydroxylation sites is 1. The van der Waals surface area contributed by atoms with Crippen LogP contribution in [0.4, 0.5) is 18.9 Å². The van der Waals surface area contributed by atoms with Crippen LogP contribution in [0.1, 0.15) is 11.1 Å². The lowest BCUT2D eigenvalue weighted by molar-refractivity contribution is -0.137. The van der Waals surface area contributed by atoms with Crippen LogP contribution < -0.4 is 9.86 Å². The highest BCUT2D eigenvalue weighted by Gasteiger charge is 2.30. The molecule has 0 aliphatic heterocycles. The lowest BCUT2D eigenvalue weighted by Gasteiger charge is -2.09. The molecule has 0 aromatic heterocycles. The fourth-order valence-corrected chi connectivity index (χ4v) is 3.62. The molecule has 0 unspecified atom stereocenters. The first-order valence-electron chi connectivity index (χ1n) is 6.88. The molecule has 0 spiro atoms. The van der Waals surface area contributed by atoms with Crippen molar-refractivity contribution >= 4 is 31.8 Å². The number of primary sulfonamides is 1. The van der Waals surface area contributed by atoms with Crippen LogP contribution in [0.2, 0.25) is 0 Å². The highest BCUT2D eigenvalue weighted by atomic mass is 32.2. The Labute approximate surface area is 148 Å². The Morgan fingerprint density at radius 2 is 1.62 bits per heavy atom. The van der Waals surface area contributed by atoms with Crippen molar-refractivity contribution in [1.29, 1.82) is 0 Å². The van der Waals surface area contributed by atoms with Crippen LogP contribution in [0.15, 0.2) is 58.8 Å². The molecule has 0 fully saturated rings. The molecular formula is C15H13F3N2O4S2. The summed E-state index contributed by atoms with van der Waals surface area (Å²) >= 11 is 0. The van der Waals surface area contributed by atoms with Crippen LogP contribution in [0.5, 0.6) is 0 Å². The average Bonchev–Trinajstić information content (AvgIpc) is 2.52. The predicted molar refractivity (Wildman–Crippen MR) is 90.8 cm³/mol. The lowest BCUT2D eigenvalue weighted by atomic mass is 10.1. The van der Waals surface area contributed by atoms with Gasteiger partial charge in [-0.15, -0.1) is 0 Å². The van der Waals surface area contributed by atoms with Crippen molar-refractivity contribution < 1.29 is 30.0 Å². The Bertz CT molecular complexity index is 1050. The standard InChI is InChI=1S/C15H13F3N2O4S2/c16-15(17,18)12-5-3-4-11(10-12)8-9-25(21,22)20-13-6-1-2-7-14(13)26(19,23)24/h1-10,20H,(H2,19,23,24). The maximum Gasteiger partial charge on any atom is 0.416 e. The Balaban J connectivity index is 2.30. The normalized spacial score (nSPS) is 13.1. The van der Waals surface area contributed by atoms with Gasteiger partial charge in [0.1, 0.15) is 4.90 Å². The molecule has 6 nitrogen and oxygen atoms in total. The van der Waals surface area contributed by atoms with E-state index in [1.165, 1.54) is 24.3 Å². The molecule has 0 aliphatic carbocycles. The maximum absolute atomic E-state index is 12.7. The molecule has 0 aliphatic rings. The van der Waals surface area contributed by atoms with Crippen LogP contribution in [0.3, 0.4) is 0 Å². The lowest BCUT2D eigenvalue weighted by Crippen LogP contribution is -2.17. The van der Waals surface area contributed by atoms with Gasteiger partial charge in [-0.25, -0.2) is 22.0 Å².